The number of amides is 1. The van der Waals surface area contributed by atoms with Gasteiger partial charge in [-0.15, -0.1) is 0 Å². The van der Waals surface area contributed by atoms with Crippen LogP contribution in [0.4, 0.5) is 11.4 Å². The Balaban J connectivity index is 2.11. The van der Waals surface area contributed by atoms with Gasteiger partial charge in [-0.3, -0.25) is 14.9 Å². The summed E-state index contributed by atoms with van der Waals surface area (Å²) in [6, 6.07) is 11.8. The molecule has 2 aromatic carbocycles. The minimum Gasteiger partial charge on any atom is -0.372 e. The summed E-state index contributed by atoms with van der Waals surface area (Å²) in [7, 11) is 3.47. The molecule has 7 nitrogen and oxygen atoms in total. The fourth-order valence-corrected chi connectivity index (χ4v) is 2.08. The fraction of sp³-hybridized carbons (Fsp3) is 0.176. The van der Waals surface area contributed by atoms with E-state index in [1.54, 1.807) is 43.3 Å². The van der Waals surface area contributed by atoms with E-state index in [0.717, 1.165) is 5.56 Å². The third-order valence-corrected chi connectivity index (χ3v) is 3.37. The molecule has 1 N–H and O–H groups in total. The van der Waals surface area contributed by atoms with Crippen molar-refractivity contribution in [2.24, 2.45) is 5.10 Å². The van der Waals surface area contributed by atoms with Crippen molar-refractivity contribution in [3.05, 3.63) is 69.3 Å². The predicted octanol–water partition coefficient (Wildman–Crippen LogP) is 2.73. The van der Waals surface area contributed by atoms with Crippen LogP contribution in [0.3, 0.4) is 0 Å². The monoisotopic (exact) mass is 326 g/mol. The van der Waals surface area contributed by atoms with E-state index in [4.69, 9.17) is 0 Å². The first-order valence-corrected chi connectivity index (χ1v) is 7.24. The molecule has 2 aromatic rings. The van der Waals surface area contributed by atoms with Gasteiger partial charge >= 0.3 is 0 Å². The van der Waals surface area contributed by atoms with Crippen molar-refractivity contribution < 1.29 is 9.72 Å². The van der Waals surface area contributed by atoms with Gasteiger partial charge in [-0.1, -0.05) is 23.8 Å². The normalized spacial score (nSPS) is 10.6. The van der Waals surface area contributed by atoms with Gasteiger partial charge in [0.05, 0.1) is 11.1 Å². The molecule has 0 aromatic heterocycles. The van der Waals surface area contributed by atoms with Crippen LogP contribution in [-0.4, -0.2) is 31.1 Å². The van der Waals surface area contributed by atoms with E-state index < -0.39 is 4.92 Å². The molecule has 0 heterocycles. The summed E-state index contributed by atoms with van der Waals surface area (Å²) in [6.45, 7) is 1.93. The summed E-state index contributed by atoms with van der Waals surface area (Å²) < 4.78 is 0. The van der Waals surface area contributed by atoms with Crippen LogP contribution in [0.5, 0.6) is 0 Å². The lowest BCUT2D eigenvalue weighted by atomic mass is 10.1. The summed E-state index contributed by atoms with van der Waals surface area (Å²) >= 11 is 0. The Hall–Kier alpha value is -3.22. The molecular weight excluding hydrogens is 308 g/mol. The number of nitro groups is 1. The van der Waals surface area contributed by atoms with Crippen LogP contribution in [0.2, 0.25) is 0 Å². The maximum atomic E-state index is 11.9. The van der Waals surface area contributed by atoms with E-state index in [-0.39, 0.29) is 11.6 Å². The number of nitrogens with zero attached hydrogens (tertiary/aromatic N) is 3. The first kappa shape index (κ1) is 17.1. The van der Waals surface area contributed by atoms with E-state index in [1.165, 1.54) is 12.3 Å². The van der Waals surface area contributed by atoms with Crippen LogP contribution >= 0.6 is 0 Å². The Bertz CT molecular complexity index is 783. The number of carbonyl (C=O) groups is 1. The van der Waals surface area contributed by atoms with Crippen molar-refractivity contribution in [2.45, 2.75) is 6.92 Å². The van der Waals surface area contributed by atoms with Gasteiger partial charge in [-0.25, -0.2) is 5.43 Å². The van der Waals surface area contributed by atoms with Crippen molar-refractivity contribution in [1.29, 1.82) is 0 Å². The molecule has 0 aliphatic heterocycles. The lowest BCUT2D eigenvalue weighted by Gasteiger charge is -2.12. The molecule has 0 saturated carbocycles. The fourth-order valence-electron chi connectivity index (χ4n) is 2.08. The molecule has 0 bridgehead atoms. The Morgan fingerprint density at radius 3 is 2.46 bits per heavy atom. The van der Waals surface area contributed by atoms with E-state index in [0.29, 0.717) is 16.8 Å². The number of carbonyl (C=O) groups excluding carboxylic acids is 1. The Labute approximate surface area is 139 Å². The molecule has 0 unspecified atom stereocenters. The standard InChI is InChI=1S/C17H18N4O3/c1-12-4-7-14(8-5-12)17(22)19-18-11-13-6-9-15(20(2)3)16(10-13)21(23)24/h4-11H,1-3H3,(H,19,22)/b18-11-. The number of benzene rings is 2. The second-order valence-electron chi connectivity index (χ2n) is 5.46. The second kappa shape index (κ2) is 7.36. The Morgan fingerprint density at radius 2 is 1.88 bits per heavy atom. The molecular formula is C17H18N4O3. The van der Waals surface area contributed by atoms with E-state index in [9.17, 15) is 14.9 Å². The van der Waals surface area contributed by atoms with Gasteiger partial charge in [0, 0.05) is 31.3 Å². The molecule has 7 heteroatoms. The molecule has 1 amide bonds. The highest BCUT2D eigenvalue weighted by molar-refractivity contribution is 5.95. The van der Waals surface area contributed by atoms with Crippen LogP contribution in [0.15, 0.2) is 47.6 Å². The number of rotatable bonds is 5. The van der Waals surface area contributed by atoms with E-state index in [1.807, 2.05) is 19.1 Å². The average Bonchev–Trinajstić information content (AvgIpc) is 2.55. The van der Waals surface area contributed by atoms with Gasteiger partial charge < -0.3 is 4.90 Å². The molecule has 2 rings (SSSR count). The highest BCUT2D eigenvalue weighted by Gasteiger charge is 2.15. The smallest absolute Gasteiger partial charge is 0.293 e. The summed E-state index contributed by atoms with van der Waals surface area (Å²) in [5, 5.41) is 15.0. The van der Waals surface area contributed by atoms with Crippen molar-refractivity contribution in [1.82, 2.24) is 5.43 Å². The lowest BCUT2D eigenvalue weighted by molar-refractivity contribution is -0.384. The van der Waals surface area contributed by atoms with Gasteiger partial charge in [0.25, 0.3) is 11.6 Å². The zero-order chi connectivity index (χ0) is 17.7. The maximum Gasteiger partial charge on any atom is 0.293 e. The lowest BCUT2D eigenvalue weighted by Crippen LogP contribution is -2.17. The molecule has 0 atom stereocenters. The molecule has 0 radical (unpaired) electrons. The number of aryl methyl sites for hydroxylation is 1. The topological polar surface area (TPSA) is 87.8 Å². The highest BCUT2D eigenvalue weighted by Crippen LogP contribution is 2.27. The Morgan fingerprint density at radius 1 is 1.21 bits per heavy atom. The van der Waals surface area contributed by atoms with E-state index >= 15 is 0 Å². The summed E-state index contributed by atoms with van der Waals surface area (Å²) in [4.78, 5) is 24.3. The van der Waals surface area contributed by atoms with Crippen LogP contribution in [0, 0.1) is 17.0 Å². The van der Waals surface area contributed by atoms with Crippen molar-refractivity contribution >= 4 is 23.5 Å². The molecule has 0 fully saturated rings. The zero-order valence-electron chi connectivity index (χ0n) is 13.7. The SMILES string of the molecule is Cc1ccc(C(=O)N/N=C\c2ccc(N(C)C)c([N+](=O)[O-])c2)cc1. The second-order valence-corrected chi connectivity index (χ2v) is 5.46. The molecule has 0 saturated heterocycles. The number of anilines is 1. The van der Waals surface area contributed by atoms with Crippen LogP contribution in [0.1, 0.15) is 21.5 Å². The van der Waals surface area contributed by atoms with E-state index in [2.05, 4.69) is 10.5 Å². The number of nitro benzene ring substituents is 1. The first-order valence-electron chi connectivity index (χ1n) is 7.24. The third kappa shape index (κ3) is 4.16. The zero-order valence-corrected chi connectivity index (χ0v) is 13.7. The highest BCUT2D eigenvalue weighted by atomic mass is 16.6. The number of nitrogens with one attached hydrogen (secondary N) is 1. The van der Waals surface area contributed by atoms with Crippen LogP contribution in [-0.2, 0) is 0 Å². The van der Waals surface area contributed by atoms with Gasteiger partial charge in [0.15, 0.2) is 0 Å². The average molecular weight is 326 g/mol. The number of hydrogen-bond donors (Lipinski definition) is 1. The molecule has 24 heavy (non-hydrogen) atoms. The molecule has 0 aliphatic carbocycles. The number of hydrogen-bond acceptors (Lipinski definition) is 5. The van der Waals surface area contributed by atoms with Crippen molar-refractivity contribution in [3.63, 3.8) is 0 Å². The predicted molar refractivity (Wildman–Crippen MR) is 93.7 cm³/mol. The van der Waals surface area contributed by atoms with Crippen LogP contribution < -0.4 is 10.3 Å². The largest absolute Gasteiger partial charge is 0.372 e. The van der Waals surface area contributed by atoms with Crippen molar-refractivity contribution in [2.75, 3.05) is 19.0 Å². The van der Waals surface area contributed by atoms with Gasteiger partial charge in [0.2, 0.25) is 0 Å². The molecule has 0 spiro atoms. The van der Waals surface area contributed by atoms with Crippen molar-refractivity contribution in [3.8, 4) is 0 Å². The quantitative estimate of drug-likeness (QED) is 0.520. The summed E-state index contributed by atoms with van der Waals surface area (Å²) in [5.74, 6) is -0.342. The van der Waals surface area contributed by atoms with Gasteiger partial charge in [-0.2, -0.15) is 5.10 Å². The third-order valence-electron chi connectivity index (χ3n) is 3.37. The summed E-state index contributed by atoms with van der Waals surface area (Å²) in [5.41, 5.74) is 4.96. The molecule has 124 valence electrons. The van der Waals surface area contributed by atoms with Gasteiger partial charge in [-0.05, 0) is 25.1 Å². The Kier molecular flexibility index (Phi) is 5.26. The number of hydrazone groups is 1. The maximum absolute atomic E-state index is 11.9. The van der Waals surface area contributed by atoms with Gasteiger partial charge in [0.1, 0.15) is 5.69 Å². The minimum atomic E-state index is -0.447. The molecule has 0 aliphatic rings. The first-order chi connectivity index (χ1) is 11.4. The van der Waals surface area contributed by atoms with Crippen LogP contribution in [0.25, 0.3) is 0 Å². The minimum absolute atomic E-state index is 0.0196. The summed E-state index contributed by atoms with van der Waals surface area (Å²) in [6.07, 6.45) is 1.37.